The van der Waals surface area contributed by atoms with Crippen LogP contribution in [0, 0.1) is 5.41 Å². The lowest BCUT2D eigenvalue weighted by molar-refractivity contribution is -0.145. The summed E-state index contributed by atoms with van der Waals surface area (Å²) in [5.74, 6) is -0.404. The van der Waals surface area contributed by atoms with Crippen molar-refractivity contribution in [3.05, 3.63) is 37.5 Å². The van der Waals surface area contributed by atoms with E-state index in [4.69, 9.17) is 14.2 Å². The molecule has 19 heavy (non-hydrogen) atoms. The van der Waals surface area contributed by atoms with Crippen LogP contribution in [-0.4, -0.2) is 39.0 Å². The first-order valence-electron chi connectivity index (χ1n) is 6.15. The maximum Gasteiger partial charge on any atom is 0.333 e. The van der Waals surface area contributed by atoms with Crippen LogP contribution in [0.2, 0.25) is 0 Å². The molecule has 0 aliphatic carbocycles. The smallest absolute Gasteiger partial charge is 0.333 e. The molecule has 0 heterocycles. The number of carbonyl (C=O) groups is 1. The molecule has 0 aromatic rings. The summed E-state index contributed by atoms with van der Waals surface area (Å²) in [4.78, 5) is 11.4. The van der Waals surface area contributed by atoms with E-state index < -0.39 is 11.4 Å². The van der Waals surface area contributed by atoms with Crippen molar-refractivity contribution in [1.29, 1.82) is 0 Å². The van der Waals surface area contributed by atoms with E-state index in [0.717, 1.165) is 0 Å². The van der Waals surface area contributed by atoms with Crippen molar-refractivity contribution >= 4 is 5.97 Å². The molecule has 0 aliphatic rings. The first-order valence-corrected chi connectivity index (χ1v) is 6.15. The van der Waals surface area contributed by atoms with Gasteiger partial charge in [-0.2, -0.15) is 0 Å². The van der Waals surface area contributed by atoms with Crippen molar-refractivity contribution in [3.63, 3.8) is 0 Å². The van der Waals surface area contributed by atoms with Crippen LogP contribution in [0.4, 0.5) is 0 Å². The molecule has 0 aromatic heterocycles. The number of hydrogen-bond donors (Lipinski definition) is 0. The Balaban J connectivity index is 4.36. The molecule has 4 heteroatoms. The van der Waals surface area contributed by atoms with Crippen LogP contribution in [0.15, 0.2) is 37.5 Å². The summed E-state index contributed by atoms with van der Waals surface area (Å²) < 4.78 is 16.0. The Morgan fingerprint density at radius 1 is 1.11 bits per heavy atom. The summed E-state index contributed by atoms with van der Waals surface area (Å²) in [5.41, 5.74) is -0.0294. The third kappa shape index (κ3) is 8.35. The fourth-order valence-corrected chi connectivity index (χ4v) is 1.27. The van der Waals surface area contributed by atoms with Gasteiger partial charge in [0.1, 0.15) is 6.61 Å². The molecule has 0 radical (unpaired) electrons. The molecule has 0 atom stereocenters. The molecule has 0 rings (SSSR count). The molecule has 0 amide bonds. The highest BCUT2D eigenvalue weighted by atomic mass is 16.5. The monoisotopic (exact) mass is 268 g/mol. The second-order valence-corrected chi connectivity index (χ2v) is 4.77. The fourth-order valence-electron chi connectivity index (χ4n) is 1.27. The lowest BCUT2D eigenvalue weighted by Crippen LogP contribution is -2.35. The number of hydrogen-bond acceptors (Lipinski definition) is 4. The molecule has 0 saturated heterocycles. The van der Waals surface area contributed by atoms with E-state index in [9.17, 15) is 4.79 Å². The molecule has 0 saturated carbocycles. The summed E-state index contributed by atoms with van der Waals surface area (Å²) in [6.07, 6.45) is 3.34. The predicted molar refractivity (Wildman–Crippen MR) is 75.9 cm³/mol. The maximum absolute atomic E-state index is 11.4. The van der Waals surface area contributed by atoms with Gasteiger partial charge in [-0.25, -0.2) is 4.79 Å². The highest BCUT2D eigenvalue weighted by Gasteiger charge is 2.27. The zero-order valence-corrected chi connectivity index (χ0v) is 11.9. The van der Waals surface area contributed by atoms with Crippen molar-refractivity contribution in [2.75, 3.05) is 33.0 Å². The van der Waals surface area contributed by atoms with Gasteiger partial charge in [0.15, 0.2) is 0 Å². The SMILES string of the molecule is C=CCOCC(C)(COCC=C)COC(=O)C(=C)C. The first-order chi connectivity index (χ1) is 8.95. The molecule has 0 bridgehead atoms. The highest BCUT2D eigenvalue weighted by molar-refractivity contribution is 5.86. The number of rotatable bonds is 11. The number of ether oxygens (including phenoxy) is 3. The normalized spacial score (nSPS) is 10.8. The fraction of sp³-hybridized carbons (Fsp3) is 0.533. The predicted octanol–water partition coefficient (Wildman–Crippen LogP) is 2.52. The summed E-state index contributed by atoms with van der Waals surface area (Å²) in [6, 6.07) is 0. The van der Waals surface area contributed by atoms with Crippen molar-refractivity contribution < 1.29 is 19.0 Å². The van der Waals surface area contributed by atoms with Gasteiger partial charge >= 0.3 is 5.97 Å². The summed E-state index contributed by atoms with van der Waals surface area (Å²) >= 11 is 0. The third-order valence-corrected chi connectivity index (χ3v) is 2.27. The van der Waals surface area contributed by atoms with E-state index in [-0.39, 0.29) is 6.61 Å². The molecule has 0 N–H and O–H groups in total. The zero-order chi connectivity index (χ0) is 14.7. The first kappa shape index (κ1) is 17.6. The topological polar surface area (TPSA) is 44.8 Å². The van der Waals surface area contributed by atoms with Gasteiger partial charge in [-0.1, -0.05) is 25.7 Å². The van der Waals surface area contributed by atoms with Gasteiger partial charge < -0.3 is 14.2 Å². The molecule has 0 spiro atoms. The summed E-state index contributed by atoms with van der Waals surface area (Å²) in [7, 11) is 0. The quantitative estimate of drug-likeness (QED) is 0.250. The van der Waals surface area contributed by atoms with Gasteiger partial charge in [0.05, 0.1) is 26.4 Å². The van der Waals surface area contributed by atoms with Gasteiger partial charge in [0.25, 0.3) is 0 Å². The minimum atomic E-state index is -0.406. The van der Waals surface area contributed by atoms with Gasteiger partial charge in [0.2, 0.25) is 0 Å². The van der Waals surface area contributed by atoms with Crippen molar-refractivity contribution in [2.45, 2.75) is 13.8 Å². The van der Waals surface area contributed by atoms with Crippen molar-refractivity contribution in [3.8, 4) is 0 Å². The molecule has 0 unspecified atom stereocenters. The molecular formula is C15H24O4. The van der Waals surface area contributed by atoms with Gasteiger partial charge in [-0.05, 0) is 6.92 Å². The Morgan fingerprint density at radius 2 is 1.58 bits per heavy atom. The number of esters is 1. The molecular weight excluding hydrogens is 244 g/mol. The molecule has 0 fully saturated rings. The Kier molecular flexibility index (Phi) is 8.83. The molecule has 0 aliphatic heterocycles. The van der Waals surface area contributed by atoms with E-state index in [1.165, 1.54) is 0 Å². The van der Waals surface area contributed by atoms with Crippen LogP contribution in [-0.2, 0) is 19.0 Å². The van der Waals surface area contributed by atoms with Crippen molar-refractivity contribution in [2.24, 2.45) is 5.41 Å². The van der Waals surface area contributed by atoms with Gasteiger partial charge in [-0.15, -0.1) is 13.2 Å². The number of carbonyl (C=O) groups excluding carboxylic acids is 1. The molecule has 0 aromatic carbocycles. The van der Waals surface area contributed by atoms with Crippen molar-refractivity contribution in [1.82, 2.24) is 0 Å². The Labute approximate surface area is 115 Å². The maximum atomic E-state index is 11.4. The van der Waals surface area contributed by atoms with Gasteiger partial charge in [-0.3, -0.25) is 0 Å². The van der Waals surface area contributed by atoms with Crippen LogP contribution in [0.5, 0.6) is 0 Å². The van der Waals surface area contributed by atoms with Crippen LogP contribution in [0.25, 0.3) is 0 Å². The summed E-state index contributed by atoms with van der Waals surface area (Å²) in [6.45, 7) is 16.2. The van der Waals surface area contributed by atoms with Gasteiger partial charge in [0, 0.05) is 11.0 Å². The second kappa shape index (κ2) is 9.53. The van der Waals surface area contributed by atoms with E-state index in [0.29, 0.717) is 32.0 Å². The average Bonchev–Trinajstić information content (AvgIpc) is 2.36. The van der Waals surface area contributed by atoms with Crippen LogP contribution < -0.4 is 0 Å². The largest absolute Gasteiger partial charge is 0.462 e. The lowest BCUT2D eigenvalue weighted by Gasteiger charge is -2.28. The third-order valence-electron chi connectivity index (χ3n) is 2.27. The zero-order valence-electron chi connectivity index (χ0n) is 11.9. The molecule has 108 valence electrons. The van der Waals surface area contributed by atoms with Crippen LogP contribution >= 0.6 is 0 Å². The highest BCUT2D eigenvalue weighted by Crippen LogP contribution is 2.19. The minimum absolute atomic E-state index is 0.215. The van der Waals surface area contributed by atoms with Crippen LogP contribution in [0.1, 0.15) is 13.8 Å². The van der Waals surface area contributed by atoms with E-state index in [2.05, 4.69) is 19.7 Å². The second-order valence-electron chi connectivity index (χ2n) is 4.77. The minimum Gasteiger partial charge on any atom is -0.462 e. The molecule has 4 nitrogen and oxygen atoms in total. The van der Waals surface area contributed by atoms with E-state index in [1.807, 2.05) is 6.92 Å². The Hall–Kier alpha value is -1.39. The van der Waals surface area contributed by atoms with Crippen LogP contribution in [0.3, 0.4) is 0 Å². The summed E-state index contributed by atoms with van der Waals surface area (Å²) in [5, 5.41) is 0. The van der Waals surface area contributed by atoms with E-state index in [1.54, 1.807) is 19.1 Å². The standard InChI is InChI=1S/C15H24O4/c1-6-8-17-10-15(5,11-18-9-7-2)12-19-14(16)13(3)4/h6-7H,1-3,8-12H2,4-5H3. The Morgan fingerprint density at radius 3 is 1.95 bits per heavy atom. The average molecular weight is 268 g/mol. The van der Waals surface area contributed by atoms with E-state index >= 15 is 0 Å². The Bertz CT molecular complexity index is 306. The lowest BCUT2D eigenvalue weighted by atomic mass is 9.94.